The number of hydrogen-bond acceptors (Lipinski definition) is 5. The first-order valence-corrected chi connectivity index (χ1v) is 8.20. The van der Waals surface area contributed by atoms with Gasteiger partial charge in [-0.3, -0.25) is 15.1 Å². The Morgan fingerprint density at radius 1 is 0.923 bits per heavy atom. The summed E-state index contributed by atoms with van der Waals surface area (Å²) in [6.07, 6.45) is 5.38. The summed E-state index contributed by atoms with van der Waals surface area (Å²) in [5, 5.41) is 8.95. The van der Waals surface area contributed by atoms with Crippen LogP contribution in [-0.2, 0) is 0 Å². The Bertz CT molecular complexity index is 1240. The van der Waals surface area contributed by atoms with E-state index in [1.807, 2.05) is 48.7 Å². The summed E-state index contributed by atoms with van der Waals surface area (Å²) < 4.78 is 0. The number of nitrogens with two attached hydrogens (primary N) is 1. The highest BCUT2D eigenvalue weighted by Crippen LogP contribution is 2.34. The third-order valence-electron chi connectivity index (χ3n) is 4.41. The van der Waals surface area contributed by atoms with E-state index in [0.717, 1.165) is 38.7 Å². The van der Waals surface area contributed by atoms with Crippen LogP contribution in [0.25, 0.3) is 44.3 Å². The maximum atomic E-state index is 6.12. The van der Waals surface area contributed by atoms with Gasteiger partial charge in [0.2, 0.25) is 0 Å². The summed E-state index contributed by atoms with van der Waals surface area (Å²) in [5.41, 5.74) is 11.3. The second-order valence-corrected chi connectivity index (χ2v) is 6.05. The molecule has 124 valence electrons. The van der Waals surface area contributed by atoms with Crippen molar-refractivity contribution < 1.29 is 0 Å². The lowest BCUT2D eigenvalue weighted by molar-refractivity contribution is 1.10. The van der Waals surface area contributed by atoms with Crippen molar-refractivity contribution in [2.45, 2.75) is 0 Å². The van der Waals surface area contributed by atoms with Gasteiger partial charge in [-0.15, -0.1) is 0 Å². The molecule has 0 saturated carbocycles. The Kier molecular flexibility index (Phi) is 3.15. The van der Waals surface area contributed by atoms with E-state index in [-0.39, 0.29) is 0 Å². The number of pyridine rings is 3. The van der Waals surface area contributed by atoms with Crippen molar-refractivity contribution >= 4 is 27.8 Å². The number of nitrogen functional groups attached to an aromatic ring is 1. The minimum absolute atomic E-state index is 0.494. The van der Waals surface area contributed by atoms with Crippen molar-refractivity contribution in [3.63, 3.8) is 0 Å². The van der Waals surface area contributed by atoms with Crippen molar-refractivity contribution in [2.75, 3.05) is 5.73 Å². The summed E-state index contributed by atoms with van der Waals surface area (Å²) >= 11 is 0. The summed E-state index contributed by atoms with van der Waals surface area (Å²) in [6, 6.07) is 16.0. The normalized spacial score (nSPS) is 11.2. The van der Waals surface area contributed by atoms with Crippen molar-refractivity contribution in [3.05, 3.63) is 67.1 Å². The van der Waals surface area contributed by atoms with E-state index >= 15 is 0 Å². The maximum absolute atomic E-state index is 6.12. The topological polar surface area (TPSA) is 93.4 Å². The average molecular weight is 338 g/mol. The van der Waals surface area contributed by atoms with E-state index in [1.54, 1.807) is 12.4 Å². The SMILES string of the molecule is Nc1[nH]nc2nc(-c3cccnc3)cc(-c3cnc4ccccc4c3)c12. The molecule has 0 fully saturated rings. The molecule has 0 aliphatic carbocycles. The lowest BCUT2D eigenvalue weighted by atomic mass is 10.0. The zero-order chi connectivity index (χ0) is 17.5. The molecule has 0 saturated heterocycles. The van der Waals surface area contributed by atoms with Crippen molar-refractivity contribution in [1.82, 2.24) is 25.1 Å². The van der Waals surface area contributed by atoms with Crippen LogP contribution in [-0.4, -0.2) is 25.1 Å². The first-order chi connectivity index (χ1) is 12.8. The number of aromatic amines is 1. The van der Waals surface area contributed by atoms with Crippen LogP contribution in [0.2, 0.25) is 0 Å². The van der Waals surface area contributed by atoms with Crippen LogP contribution in [0.15, 0.2) is 67.1 Å². The molecule has 4 aromatic heterocycles. The molecule has 0 atom stereocenters. The molecule has 5 aromatic rings. The van der Waals surface area contributed by atoms with Crippen molar-refractivity contribution in [2.24, 2.45) is 0 Å². The van der Waals surface area contributed by atoms with E-state index in [4.69, 9.17) is 5.73 Å². The van der Waals surface area contributed by atoms with E-state index in [1.165, 1.54) is 0 Å². The molecule has 0 radical (unpaired) electrons. The van der Waals surface area contributed by atoms with E-state index < -0.39 is 0 Å². The highest BCUT2D eigenvalue weighted by molar-refractivity contribution is 6.02. The Balaban J connectivity index is 1.80. The Labute approximate surface area is 148 Å². The molecule has 6 nitrogen and oxygen atoms in total. The number of hydrogen-bond donors (Lipinski definition) is 2. The Hall–Kier alpha value is -3.80. The van der Waals surface area contributed by atoms with Crippen LogP contribution in [0.1, 0.15) is 0 Å². The largest absolute Gasteiger partial charge is 0.383 e. The first-order valence-electron chi connectivity index (χ1n) is 8.20. The van der Waals surface area contributed by atoms with E-state index in [2.05, 4.69) is 31.2 Å². The number of nitrogens with zero attached hydrogens (tertiary/aromatic N) is 4. The zero-order valence-corrected chi connectivity index (χ0v) is 13.7. The lowest BCUT2D eigenvalue weighted by Crippen LogP contribution is -1.92. The molecule has 0 spiro atoms. The summed E-state index contributed by atoms with van der Waals surface area (Å²) in [6.45, 7) is 0. The number of benzene rings is 1. The fourth-order valence-corrected chi connectivity index (χ4v) is 3.16. The van der Waals surface area contributed by atoms with Crippen LogP contribution >= 0.6 is 0 Å². The quantitative estimate of drug-likeness (QED) is 0.510. The van der Waals surface area contributed by atoms with Crippen LogP contribution in [0, 0.1) is 0 Å². The van der Waals surface area contributed by atoms with E-state index in [0.29, 0.717) is 11.5 Å². The third kappa shape index (κ3) is 2.28. The second-order valence-electron chi connectivity index (χ2n) is 6.05. The van der Waals surface area contributed by atoms with Crippen LogP contribution < -0.4 is 5.73 Å². The van der Waals surface area contributed by atoms with Gasteiger partial charge < -0.3 is 5.73 Å². The predicted molar refractivity (Wildman–Crippen MR) is 102 cm³/mol. The molecular weight excluding hydrogens is 324 g/mol. The van der Waals surface area contributed by atoms with Crippen LogP contribution in [0.4, 0.5) is 5.82 Å². The molecule has 0 aliphatic heterocycles. The molecule has 0 bridgehead atoms. The van der Waals surface area contributed by atoms with E-state index in [9.17, 15) is 0 Å². The molecule has 3 N–H and O–H groups in total. The predicted octanol–water partition coefficient (Wildman–Crippen LogP) is 3.82. The molecule has 4 heterocycles. The van der Waals surface area contributed by atoms with Gasteiger partial charge in [-0.25, -0.2) is 4.98 Å². The highest BCUT2D eigenvalue weighted by atomic mass is 15.2. The number of anilines is 1. The lowest BCUT2D eigenvalue weighted by Gasteiger charge is -2.08. The number of nitrogens with one attached hydrogen (secondary N) is 1. The molecule has 5 rings (SSSR count). The standard InChI is InChI=1S/C20H14N6/c21-19-18-15(14-8-12-4-1-2-6-16(12)23-11-14)9-17(24-20(18)26-25-19)13-5-3-7-22-10-13/h1-11H,(H3,21,24,25,26). The number of aromatic nitrogens is 5. The van der Waals surface area contributed by atoms with Gasteiger partial charge in [-0.05, 0) is 30.3 Å². The van der Waals surface area contributed by atoms with Gasteiger partial charge in [0.1, 0.15) is 5.82 Å². The monoisotopic (exact) mass is 338 g/mol. The molecule has 0 amide bonds. The summed E-state index contributed by atoms with van der Waals surface area (Å²) in [5.74, 6) is 0.494. The molecule has 0 aliphatic rings. The van der Waals surface area contributed by atoms with Crippen molar-refractivity contribution in [3.8, 4) is 22.4 Å². The molecule has 1 aromatic carbocycles. The van der Waals surface area contributed by atoms with Gasteiger partial charge in [0.15, 0.2) is 5.65 Å². The van der Waals surface area contributed by atoms with Crippen LogP contribution in [0.5, 0.6) is 0 Å². The smallest absolute Gasteiger partial charge is 0.184 e. The highest BCUT2D eigenvalue weighted by Gasteiger charge is 2.15. The Morgan fingerprint density at radius 2 is 1.85 bits per heavy atom. The molecule has 0 unspecified atom stereocenters. The Morgan fingerprint density at radius 3 is 2.73 bits per heavy atom. The molecule has 26 heavy (non-hydrogen) atoms. The average Bonchev–Trinajstić information content (AvgIpc) is 3.08. The van der Waals surface area contributed by atoms with Gasteiger partial charge in [0.25, 0.3) is 0 Å². The van der Waals surface area contributed by atoms with Gasteiger partial charge >= 0.3 is 0 Å². The number of rotatable bonds is 2. The minimum atomic E-state index is 0.494. The van der Waals surface area contributed by atoms with Gasteiger partial charge in [-0.1, -0.05) is 18.2 Å². The molecular formula is C20H14N6. The summed E-state index contributed by atoms with van der Waals surface area (Å²) in [4.78, 5) is 13.4. The number of H-pyrrole nitrogens is 1. The maximum Gasteiger partial charge on any atom is 0.184 e. The van der Waals surface area contributed by atoms with Gasteiger partial charge in [-0.2, -0.15) is 5.10 Å². The van der Waals surface area contributed by atoms with Crippen LogP contribution in [0.3, 0.4) is 0 Å². The van der Waals surface area contributed by atoms with Crippen molar-refractivity contribution in [1.29, 1.82) is 0 Å². The van der Waals surface area contributed by atoms with Gasteiger partial charge in [0, 0.05) is 40.7 Å². The minimum Gasteiger partial charge on any atom is -0.383 e. The first kappa shape index (κ1) is 14.5. The number of para-hydroxylation sites is 1. The fourth-order valence-electron chi connectivity index (χ4n) is 3.16. The summed E-state index contributed by atoms with van der Waals surface area (Å²) in [7, 11) is 0. The fraction of sp³-hybridized carbons (Fsp3) is 0. The molecule has 6 heteroatoms. The number of fused-ring (bicyclic) bond motifs is 2. The zero-order valence-electron chi connectivity index (χ0n) is 13.7. The third-order valence-corrected chi connectivity index (χ3v) is 4.41. The second kappa shape index (κ2) is 5.63. The van der Waals surface area contributed by atoms with Gasteiger partial charge in [0.05, 0.1) is 16.6 Å².